The van der Waals surface area contributed by atoms with Gasteiger partial charge in [-0.3, -0.25) is 0 Å². The van der Waals surface area contributed by atoms with Crippen LogP contribution in [0.1, 0.15) is 32.0 Å². The van der Waals surface area contributed by atoms with Crippen LogP contribution in [0.2, 0.25) is 0 Å². The van der Waals surface area contributed by atoms with Gasteiger partial charge in [0.25, 0.3) is 0 Å². The lowest BCUT2D eigenvalue weighted by molar-refractivity contribution is 0.573. The fourth-order valence-corrected chi connectivity index (χ4v) is 2.62. The molecule has 0 aliphatic rings. The highest BCUT2D eigenvalue weighted by atomic mass is 32.1. The van der Waals surface area contributed by atoms with Crippen molar-refractivity contribution in [1.29, 1.82) is 0 Å². The summed E-state index contributed by atoms with van der Waals surface area (Å²) in [7, 11) is 0. The summed E-state index contributed by atoms with van der Waals surface area (Å²) in [6.07, 6.45) is 1.03. The molecule has 0 fully saturated rings. The van der Waals surface area contributed by atoms with E-state index in [1.54, 1.807) is 11.3 Å². The van der Waals surface area contributed by atoms with E-state index in [1.165, 1.54) is 5.56 Å². The molecular weight excluding hydrogens is 240 g/mol. The third kappa shape index (κ3) is 3.57. The minimum absolute atomic E-state index is 0.135. The Balaban J connectivity index is 1.86. The van der Waals surface area contributed by atoms with Gasteiger partial charge < -0.3 is 5.32 Å². The minimum atomic E-state index is 0.135. The van der Waals surface area contributed by atoms with Gasteiger partial charge in [0.2, 0.25) is 0 Å². The van der Waals surface area contributed by atoms with Gasteiger partial charge in [-0.25, -0.2) is 4.98 Å². The summed E-state index contributed by atoms with van der Waals surface area (Å²) in [6, 6.07) is 10.5. The van der Waals surface area contributed by atoms with E-state index in [-0.39, 0.29) is 5.41 Å². The van der Waals surface area contributed by atoms with Crippen LogP contribution in [0, 0.1) is 0 Å². The number of nitrogens with one attached hydrogen (secondary N) is 1. The second-order valence-corrected chi connectivity index (χ2v) is 6.31. The maximum Gasteiger partial charge on any atom is 0.182 e. The summed E-state index contributed by atoms with van der Waals surface area (Å²) in [4.78, 5) is 4.62. The lowest BCUT2D eigenvalue weighted by atomic mass is 9.93. The van der Waals surface area contributed by atoms with E-state index in [0.29, 0.717) is 0 Å². The van der Waals surface area contributed by atoms with Crippen LogP contribution in [-0.2, 0) is 11.8 Å². The molecule has 0 radical (unpaired) electrons. The third-order valence-corrected chi connectivity index (χ3v) is 3.61. The van der Waals surface area contributed by atoms with Crippen LogP contribution in [0.25, 0.3) is 0 Å². The maximum atomic E-state index is 4.62. The standard InChI is InChI=1S/C15H20N2S/c1-15(2,3)13-11-18-14(17-13)16-10-9-12-7-5-4-6-8-12/h4-8,11H,9-10H2,1-3H3,(H,16,17). The highest BCUT2D eigenvalue weighted by molar-refractivity contribution is 7.13. The molecule has 2 aromatic rings. The van der Waals surface area contributed by atoms with E-state index in [2.05, 4.69) is 60.7 Å². The summed E-state index contributed by atoms with van der Waals surface area (Å²) in [5.41, 5.74) is 2.66. The monoisotopic (exact) mass is 260 g/mol. The van der Waals surface area contributed by atoms with Gasteiger partial charge in [-0.05, 0) is 12.0 Å². The Morgan fingerprint density at radius 2 is 1.89 bits per heavy atom. The largest absolute Gasteiger partial charge is 0.361 e. The highest BCUT2D eigenvalue weighted by Crippen LogP contribution is 2.26. The van der Waals surface area contributed by atoms with Gasteiger partial charge in [-0.2, -0.15) is 0 Å². The Labute approximate surface area is 113 Å². The second kappa shape index (κ2) is 5.53. The van der Waals surface area contributed by atoms with Gasteiger partial charge >= 0.3 is 0 Å². The predicted molar refractivity (Wildman–Crippen MR) is 79.4 cm³/mol. The van der Waals surface area contributed by atoms with Gasteiger partial charge in [0, 0.05) is 17.3 Å². The SMILES string of the molecule is CC(C)(C)c1csc(NCCc2ccccc2)n1. The summed E-state index contributed by atoms with van der Waals surface area (Å²) in [5.74, 6) is 0. The van der Waals surface area contributed by atoms with E-state index in [4.69, 9.17) is 0 Å². The van der Waals surface area contributed by atoms with Crippen molar-refractivity contribution in [2.24, 2.45) is 0 Å². The Morgan fingerprint density at radius 3 is 2.50 bits per heavy atom. The van der Waals surface area contributed by atoms with Crippen molar-refractivity contribution < 1.29 is 0 Å². The molecule has 0 saturated carbocycles. The quantitative estimate of drug-likeness (QED) is 0.895. The first-order valence-corrected chi connectivity index (χ1v) is 7.17. The molecule has 96 valence electrons. The van der Waals surface area contributed by atoms with E-state index < -0.39 is 0 Å². The van der Waals surface area contributed by atoms with Crippen LogP contribution < -0.4 is 5.32 Å². The van der Waals surface area contributed by atoms with Gasteiger partial charge in [-0.1, -0.05) is 51.1 Å². The van der Waals surface area contributed by atoms with Crippen LogP contribution >= 0.6 is 11.3 Å². The summed E-state index contributed by atoms with van der Waals surface area (Å²) < 4.78 is 0. The molecule has 1 aromatic carbocycles. The summed E-state index contributed by atoms with van der Waals surface area (Å²) >= 11 is 1.69. The van der Waals surface area contributed by atoms with Gasteiger partial charge in [0.1, 0.15) is 0 Å². The van der Waals surface area contributed by atoms with Gasteiger partial charge in [-0.15, -0.1) is 11.3 Å². The number of anilines is 1. The molecule has 0 saturated heterocycles. The Hall–Kier alpha value is -1.35. The van der Waals surface area contributed by atoms with Crippen LogP contribution in [0.5, 0.6) is 0 Å². The molecule has 0 spiro atoms. The topological polar surface area (TPSA) is 24.9 Å². The van der Waals surface area contributed by atoms with Crippen LogP contribution in [0.15, 0.2) is 35.7 Å². The van der Waals surface area contributed by atoms with Crippen LogP contribution in [0.3, 0.4) is 0 Å². The zero-order valence-corrected chi connectivity index (χ0v) is 12.1. The van der Waals surface area contributed by atoms with Crippen molar-refractivity contribution in [3.05, 3.63) is 47.0 Å². The van der Waals surface area contributed by atoms with Gasteiger partial charge in [0.15, 0.2) is 5.13 Å². The molecule has 0 atom stereocenters. The molecule has 18 heavy (non-hydrogen) atoms. The number of thiazole rings is 1. The van der Waals surface area contributed by atoms with Crippen LogP contribution in [-0.4, -0.2) is 11.5 Å². The predicted octanol–water partition coefficient (Wildman–Crippen LogP) is 4.10. The zero-order valence-electron chi connectivity index (χ0n) is 11.2. The van der Waals surface area contributed by atoms with Crippen molar-refractivity contribution in [3.8, 4) is 0 Å². The Morgan fingerprint density at radius 1 is 1.17 bits per heavy atom. The molecule has 0 amide bonds. The van der Waals surface area contributed by atoms with Crippen molar-refractivity contribution >= 4 is 16.5 Å². The van der Waals surface area contributed by atoms with Crippen molar-refractivity contribution in [3.63, 3.8) is 0 Å². The fraction of sp³-hybridized carbons (Fsp3) is 0.400. The molecule has 0 aliphatic heterocycles. The van der Waals surface area contributed by atoms with Gasteiger partial charge in [0.05, 0.1) is 5.69 Å². The average Bonchev–Trinajstić information content (AvgIpc) is 2.79. The molecule has 3 heteroatoms. The van der Waals surface area contributed by atoms with E-state index >= 15 is 0 Å². The van der Waals surface area contributed by atoms with Crippen molar-refractivity contribution in [2.45, 2.75) is 32.6 Å². The molecule has 0 unspecified atom stereocenters. The molecule has 0 bridgehead atoms. The smallest absolute Gasteiger partial charge is 0.182 e. The summed E-state index contributed by atoms with van der Waals surface area (Å²) in [5, 5.41) is 6.56. The first-order chi connectivity index (χ1) is 8.55. The summed E-state index contributed by atoms with van der Waals surface area (Å²) in [6.45, 7) is 7.50. The number of benzene rings is 1. The highest BCUT2D eigenvalue weighted by Gasteiger charge is 2.17. The number of nitrogens with zero attached hydrogens (tertiary/aromatic N) is 1. The molecule has 1 N–H and O–H groups in total. The molecule has 2 rings (SSSR count). The van der Waals surface area contributed by atoms with E-state index in [0.717, 1.165) is 23.8 Å². The molecule has 2 nitrogen and oxygen atoms in total. The number of aromatic nitrogens is 1. The molecule has 1 heterocycles. The first-order valence-electron chi connectivity index (χ1n) is 6.29. The lowest BCUT2D eigenvalue weighted by Gasteiger charge is -2.14. The average molecular weight is 260 g/mol. The van der Waals surface area contributed by atoms with E-state index in [1.807, 2.05) is 6.07 Å². The molecule has 0 aliphatic carbocycles. The van der Waals surface area contributed by atoms with Crippen molar-refractivity contribution in [2.75, 3.05) is 11.9 Å². The first kappa shape index (κ1) is 13.1. The second-order valence-electron chi connectivity index (χ2n) is 5.45. The lowest BCUT2D eigenvalue weighted by Crippen LogP contribution is -2.12. The number of hydrogen-bond donors (Lipinski definition) is 1. The van der Waals surface area contributed by atoms with E-state index in [9.17, 15) is 0 Å². The Bertz CT molecular complexity index is 483. The van der Waals surface area contributed by atoms with Crippen LogP contribution in [0.4, 0.5) is 5.13 Å². The van der Waals surface area contributed by atoms with Crippen molar-refractivity contribution in [1.82, 2.24) is 4.98 Å². The normalized spacial score (nSPS) is 11.5. The maximum absolute atomic E-state index is 4.62. The minimum Gasteiger partial charge on any atom is -0.361 e. The zero-order chi connectivity index (χ0) is 13.0. The molecular formula is C15H20N2S. The number of hydrogen-bond acceptors (Lipinski definition) is 3. The molecule has 1 aromatic heterocycles. The fourth-order valence-electron chi connectivity index (χ4n) is 1.66. The Kier molecular flexibility index (Phi) is 4.02. The number of rotatable bonds is 4. The third-order valence-electron chi connectivity index (χ3n) is 2.81.